The van der Waals surface area contributed by atoms with Gasteiger partial charge in [0.25, 0.3) is 0 Å². The number of amides is 3. The Kier molecular flexibility index (Phi) is 10.7. The predicted octanol–water partition coefficient (Wildman–Crippen LogP) is 0.429. The van der Waals surface area contributed by atoms with Crippen molar-refractivity contribution in [2.24, 2.45) is 17.6 Å². The first-order valence-electron chi connectivity index (χ1n) is 10.5. The average Bonchev–Trinajstić information content (AvgIpc) is 2.74. The molecule has 9 heteroatoms. The van der Waals surface area contributed by atoms with Crippen molar-refractivity contribution in [3.8, 4) is 0 Å². The number of rotatable bonds is 12. The predicted molar refractivity (Wildman–Crippen MR) is 117 cm³/mol. The van der Waals surface area contributed by atoms with Crippen LogP contribution in [0.5, 0.6) is 0 Å². The zero-order chi connectivity index (χ0) is 23.6. The largest absolute Gasteiger partial charge is 0.480 e. The molecule has 3 amide bonds. The van der Waals surface area contributed by atoms with Crippen LogP contribution in [0.4, 0.5) is 0 Å². The van der Waals surface area contributed by atoms with Gasteiger partial charge in [-0.2, -0.15) is 0 Å². The highest BCUT2D eigenvalue weighted by atomic mass is 16.4. The maximum atomic E-state index is 12.6. The first kappa shape index (κ1) is 26.1. The zero-order valence-electron chi connectivity index (χ0n) is 18.6. The summed E-state index contributed by atoms with van der Waals surface area (Å²) >= 11 is 0. The highest BCUT2D eigenvalue weighted by molar-refractivity contribution is 5.92. The Labute approximate surface area is 183 Å². The van der Waals surface area contributed by atoms with Crippen LogP contribution < -0.4 is 21.7 Å². The molecule has 4 atom stereocenters. The number of carbonyl (C=O) groups excluding carboxylic acids is 3. The summed E-state index contributed by atoms with van der Waals surface area (Å²) in [5.74, 6) is -3.04. The van der Waals surface area contributed by atoms with E-state index in [4.69, 9.17) is 5.73 Å². The minimum atomic E-state index is -1.17. The molecule has 0 aliphatic carbocycles. The Balaban J connectivity index is 2.69. The Morgan fingerprint density at radius 1 is 1.00 bits per heavy atom. The number of hydrogen-bond acceptors (Lipinski definition) is 5. The molecule has 0 fully saturated rings. The monoisotopic (exact) mass is 434 g/mol. The van der Waals surface area contributed by atoms with E-state index in [1.165, 1.54) is 0 Å². The number of carboxylic acid groups (broad SMARTS) is 1. The number of aliphatic carboxylic acids is 1. The molecule has 6 N–H and O–H groups in total. The standard InChI is InChI=1S/C22H34N4O5/c1-5-14(4)19(26-20(28)18(23)13(2)3)21(29)24-12-17(27)25-16(22(30)31)11-15-9-7-6-8-10-15/h6-10,13-14,16,18-19H,5,11-12,23H2,1-4H3,(H,24,29)(H,25,27)(H,26,28)(H,30,31)/t14-,16-,18-,19-/m0/s1. The third-order valence-electron chi connectivity index (χ3n) is 5.15. The van der Waals surface area contributed by atoms with Gasteiger partial charge in [-0.15, -0.1) is 0 Å². The van der Waals surface area contributed by atoms with Crippen LogP contribution in [-0.2, 0) is 25.6 Å². The Hall–Kier alpha value is -2.94. The fraction of sp³-hybridized carbons (Fsp3) is 0.545. The third kappa shape index (κ3) is 8.75. The van der Waals surface area contributed by atoms with E-state index in [-0.39, 0.29) is 18.3 Å². The molecule has 1 aromatic rings. The van der Waals surface area contributed by atoms with E-state index in [9.17, 15) is 24.3 Å². The minimum Gasteiger partial charge on any atom is -0.480 e. The third-order valence-corrected chi connectivity index (χ3v) is 5.15. The summed E-state index contributed by atoms with van der Waals surface area (Å²) in [6, 6.07) is 6.19. The van der Waals surface area contributed by atoms with E-state index in [1.807, 2.05) is 19.9 Å². The van der Waals surface area contributed by atoms with Gasteiger partial charge >= 0.3 is 5.97 Å². The summed E-state index contributed by atoms with van der Waals surface area (Å²) in [5.41, 5.74) is 6.62. The fourth-order valence-corrected chi connectivity index (χ4v) is 2.83. The SMILES string of the molecule is CC[C@H](C)[C@H](NC(=O)[C@@H](N)C(C)C)C(=O)NCC(=O)N[C@@H](Cc1ccccc1)C(=O)O. The molecular formula is C22H34N4O5. The molecule has 31 heavy (non-hydrogen) atoms. The van der Waals surface area contributed by atoms with Crippen molar-refractivity contribution < 1.29 is 24.3 Å². The van der Waals surface area contributed by atoms with Crippen molar-refractivity contribution in [2.75, 3.05) is 6.54 Å². The molecule has 9 nitrogen and oxygen atoms in total. The van der Waals surface area contributed by atoms with Gasteiger partial charge in [-0.1, -0.05) is 64.4 Å². The van der Waals surface area contributed by atoms with Gasteiger partial charge in [-0.05, 0) is 17.4 Å². The van der Waals surface area contributed by atoms with E-state index >= 15 is 0 Å². The normalized spacial score (nSPS) is 14.8. The molecular weight excluding hydrogens is 400 g/mol. The van der Waals surface area contributed by atoms with Crippen molar-refractivity contribution in [3.05, 3.63) is 35.9 Å². The smallest absolute Gasteiger partial charge is 0.326 e. The van der Waals surface area contributed by atoms with Crippen molar-refractivity contribution in [2.45, 2.75) is 58.7 Å². The van der Waals surface area contributed by atoms with Crippen molar-refractivity contribution in [1.29, 1.82) is 0 Å². The molecule has 172 valence electrons. The minimum absolute atomic E-state index is 0.0935. The summed E-state index contributed by atoms with van der Waals surface area (Å²) in [5, 5.41) is 16.9. The van der Waals surface area contributed by atoms with Crippen LogP contribution in [0.3, 0.4) is 0 Å². The number of hydrogen-bond donors (Lipinski definition) is 5. The Morgan fingerprint density at radius 2 is 1.61 bits per heavy atom. The second-order valence-electron chi connectivity index (χ2n) is 8.01. The lowest BCUT2D eigenvalue weighted by molar-refractivity contribution is -0.141. The molecule has 0 aromatic heterocycles. The second kappa shape index (κ2) is 12.7. The molecule has 0 unspecified atom stereocenters. The molecule has 1 rings (SSSR count). The van der Waals surface area contributed by atoms with E-state index in [0.717, 1.165) is 5.56 Å². The lowest BCUT2D eigenvalue weighted by Gasteiger charge is -2.26. The lowest BCUT2D eigenvalue weighted by atomic mass is 9.96. The number of carboxylic acids is 1. The van der Waals surface area contributed by atoms with Crippen LogP contribution in [-0.4, -0.2) is 53.5 Å². The number of nitrogens with two attached hydrogens (primary N) is 1. The maximum absolute atomic E-state index is 12.6. The summed E-state index contributed by atoms with van der Waals surface area (Å²) < 4.78 is 0. The van der Waals surface area contributed by atoms with Gasteiger partial charge in [-0.25, -0.2) is 4.79 Å². The quantitative estimate of drug-likeness (QED) is 0.322. The fourth-order valence-electron chi connectivity index (χ4n) is 2.83. The molecule has 0 saturated heterocycles. The summed E-state index contributed by atoms with van der Waals surface area (Å²) in [4.78, 5) is 48.6. The molecule has 0 radical (unpaired) electrons. The van der Waals surface area contributed by atoms with Crippen LogP contribution in [0, 0.1) is 11.8 Å². The first-order valence-corrected chi connectivity index (χ1v) is 10.5. The average molecular weight is 435 g/mol. The first-order chi connectivity index (χ1) is 14.6. The molecule has 0 saturated carbocycles. The Morgan fingerprint density at radius 3 is 2.13 bits per heavy atom. The molecule has 1 aromatic carbocycles. The van der Waals surface area contributed by atoms with Crippen molar-refractivity contribution >= 4 is 23.7 Å². The van der Waals surface area contributed by atoms with Gasteiger partial charge in [0.15, 0.2) is 0 Å². The maximum Gasteiger partial charge on any atom is 0.326 e. The van der Waals surface area contributed by atoms with Crippen LogP contribution >= 0.6 is 0 Å². The van der Waals surface area contributed by atoms with E-state index < -0.39 is 48.4 Å². The zero-order valence-corrected chi connectivity index (χ0v) is 18.6. The highest BCUT2D eigenvalue weighted by Gasteiger charge is 2.29. The molecule has 0 bridgehead atoms. The van der Waals surface area contributed by atoms with Crippen molar-refractivity contribution in [3.63, 3.8) is 0 Å². The van der Waals surface area contributed by atoms with E-state index in [0.29, 0.717) is 6.42 Å². The summed E-state index contributed by atoms with van der Waals surface area (Å²) in [7, 11) is 0. The summed E-state index contributed by atoms with van der Waals surface area (Å²) in [6.45, 7) is 6.90. The Bertz CT molecular complexity index is 754. The highest BCUT2D eigenvalue weighted by Crippen LogP contribution is 2.09. The van der Waals surface area contributed by atoms with Crippen molar-refractivity contribution in [1.82, 2.24) is 16.0 Å². The van der Waals surface area contributed by atoms with Crippen LogP contribution in [0.15, 0.2) is 30.3 Å². The molecule has 0 aliphatic rings. The second-order valence-corrected chi connectivity index (χ2v) is 8.01. The molecule has 0 heterocycles. The van der Waals surface area contributed by atoms with Crippen LogP contribution in [0.1, 0.15) is 39.7 Å². The molecule has 0 aliphatic heterocycles. The molecule has 0 spiro atoms. The van der Waals surface area contributed by atoms with E-state index in [2.05, 4.69) is 16.0 Å². The van der Waals surface area contributed by atoms with E-state index in [1.54, 1.807) is 38.1 Å². The topological polar surface area (TPSA) is 151 Å². The van der Waals surface area contributed by atoms with Gasteiger partial charge in [-0.3, -0.25) is 14.4 Å². The lowest BCUT2D eigenvalue weighted by Crippen LogP contribution is -2.56. The van der Waals surface area contributed by atoms with Gasteiger partial charge in [0.05, 0.1) is 12.6 Å². The van der Waals surface area contributed by atoms with Gasteiger partial charge in [0, 0.05) is 6.42 Å². The number of benzene rings is 1. The van der Waals surface area contributed by atoms with Crippen LogP contribution in [0.2, 0.25) is 0 Å². The number of nitrogens with one attached hydrogen (secondary N) is 3. The van der Waals surface area contributed by atoms with Gasteiger partial charge < -0.3 is 26.8 Å². The van der Waals surface area contributed by atoms with Gasteiger partial charge in [0.1, 0.15) is 12.1 Å². The van der Waals surface area contributed by atoms with Crippen LogP contribution in [0.25, 0.3) is 0 Å². The number of carbonyl (C=O) groups is 4. The van der Waals surface area contributed by atoms with Gasteiger partial charge in [0.2, 0.25) is 17.7 Å². The summed E-state index contributed by atoms with van der Waals surface area (Å²) in [6.07, 6.45) is 0.744.